The Bertz CT molecular complexity index is 1140. The van der Waals surface area contributed by atoms with E-state index in [4.69, 9.17) is 0 Å². The summed E-state index contributed by atoms with van der Waals surface area (Å²) < 4.78 is 3.48. The summed E-state index contributed by atoms with van der Waals surface area (Å²) in [6.07, 6.45) is 17.4. The summed E-state index contributed by atoms with van der Waals surface area (Å²) in [4.78, 5) is 20.0. The predicted octanol–water partition coefficient (Wildman–Crippen LogP) is 3.58. The molecule has 0 aromatic carbocycles. The van der Waals surface area contributed by atoms with Gasteiger partial charge >= 0.3 is 0 Å². The van der Waals surface area contributed by atoms with E-state index in [1.807, 2.05) is 13.2 Å². The molecule has 6 nitrogen and oxygen atoms in total. The Morgan fingerprint density at radius 2 is 2.23 bits per heavy atom. The topological polar surface area (TPSA) is 64.7 Å². The van der Waals surface area contributed by atoms with Crippen molar-refractivity contribution in [2.24, 2.45) is 7.05 Å². The first-order valence-electron chi connectivity index (χ1n) is 11.1. The summed E-state index contributed by atoms with van der Waals surface area (Å²) in [5, 5.41) is 8.81. The molecule has 0 spiro atoms. The number of hydrogen-bond donors (Lipinski definition) is 1. The van der Waals surface area contributed by atoms with Gasteiger partial charge < -0.3 is 5.32 Å². The molecule has 2 aliphatic carbocycles. The van der Waals surface area contributed by atoms with E-state index < -0.39 is 0 Å². The predicted molar refractivity (Wildman–Crippen MR) is 121 cm³/mol. The fourth-order valence-electron chi connectivity index (χ4n) is 4.81. The maximum Gasteiger partial charge on any atom is 0.262 e. The lowest BCUT2D eigenvalue weighted by molar-refractivity contribution is 0.463. The van der Waals surface area contributed by atoms with E-state index in [0.29, 0.717) is 12.6 Å². The first-order chi connectivity index (χ1) is 14.7. The van der Waals surface area contributed by atoms with E-state index in [-0.39, 0.29) is 5.56 Å². The Balaban J connectivity index is 1.30. The third-order valence-corrected chi connectivity index (χ3v) is 7.57. The van der Waals surface area contributed by atoms with Gasteiger partial charge in [0.2, 0.25) is 0 Å². The highest BCUT2D eigenvalue weighted by Crippen LogP contribution is 2.33. The van der Waals surface area contributed by atoms with Gasteiger partial charge in [-0.3, -0.25) is 14.0 Å². The van der Waals surface area contributed by atoms with Crippen molar-refractivity contribution in [1.82, 2.24) is 24.6 Å². The van der Waals surface area contributed by atoms with Crippen LogP contribution in [0.4, 0.5) is 0 Å². The van der Waals surface area contributed by atoms with Crippen LogP contribution in [-0.4, -0.2) is 31.9 Å². The van der Waals surface area contributed by atoms with Crippen LogP contribution in [-0.2, 0) is 26.4 Å². The molecule has 0 fully saturated rings. The van der Waals surface area contributed by atoms with Crippen LogP contribution in [0.1, 0.15) is 54.5 Å². The van der Waals surface area contributed by atoms with Gasteiger partial charge in [0.1, 0.15) is 4.83 Å². The fraction of sp³-hybridized carbons (Fsp3) is 0.522. The lowest BCUT2D eigenvalue weighted by atomic mass is 9.92. The molecule has 7 heteroatoms. The second kappa shape index (κ2) is 8.47. The number of nitrogens with zero attached hydrogens (tertiary/aromatic N) is 4. The molecular weight excluding hydrogens is 394 g/mol. The summed E-state index contributed by atoms with van der Waals surface area (Å²) >= 11 is 1.71. The molecule has 5 rings (SSSR count). The number of nitrogens with one attached hydrogen (secondary N) is 1. The van der Waals surface area contributed by atoms with Crippen LogP contribution in [0.2, 0.25) is 0 Å². The standard InChI is InChI=1S/C23H29N5OS/c1-27-13-17(12-26-27)14-28-15-25-22-21(23(28)29)19-8-7-18(11-20(19)30-22)24-10-9-16-5-3-2-4-6-16/h5,12-13,15,18,24H,2-4,6-11,14H2,1H3. The van der Waals surface area contributed by atoms with Crippen molar-refractivity contribution in [2.75, 3.05) is 6.54 Å². The van der Waals surface area contributed by atoms with Crippen molar-refractivity contribution in [1.29, 1.82) is 0 Å². The van der Waals surface area contributed by atoms with Crippen molar-refractivity contribution >= 4 is 21.6 Å². The van der Waals surface area contributed by atoms with Crippen molar-refractivity contribution in [2.45, 2.75) is 64.0 Å². The Morgan fingerprint density at radius 1 is 1.30 bits per heavy atom. The molecule has 1 atom stereocenters. The van der Waals surface area contributed by atoms with Gasteiger partial charge in [0.15, 0.2) is 0 Å². The summed E-state index contributed by atoms with van der Waals surface area (Å²) in [7, 11) is 1.89. The molecule has 0 radical (unpaired) electrons. The third kappa shape index (κ3) is 4.01. The Kier molecular flexibility index (Phi) is 5.56. The monoisotopic (exact) mass is 423 g/mol. The normalized spacial score (nSPS) is 19.1. The lowest BCUT2D eigenvalue weighted by Gasteiger charge is -2.24. The average Bonchev–Trinajstić information content (AvgIpc) is 3.33. The second-order valence-corrected chi connectivity index (χ2v) is 9.72. The molecule has 0 saturated heterocycles. The van der Waals surface area contributed by atoms with Crippen molar-refractivity contribution in [3.05, 3.63) is 56.7 Å². The quantitative estimate of drug-likeness (QED) is 0.616. The van der Waals surface area contributed by atoms with Gasteiger partial charge in [0.05, 0.1) is 24.5 Å². The molecule has 158 valence electrons. The van der Waals surface area contributed by atoms with Crippen LogP contribution in [0.25, 0.3) is 10.2 Å². The van der Waals surface area contributed by atoms with Crippen LogP contribution in [0.3, 0.4) is 0 Å². The van der Waals surface area contributed by atoms with Gasteiger partial charge in [-0.25, -0.2) is 4.98 Å². The van der Waals surface area contributed by atoms with Crippen LogP contribution < -0.4 is 10.9 Å². The number of thiophene rings is 1. The highest BCUT2D eigenvalue weighted by Gasteiger charge is 2.25. The molecule has 3 aromatic heterocycles. The smallest absolute Gasteiger partial charge is 0.262 e. The summed E-state index contributed by atoms with van der Waals surface area (Å²) in [5.74, 6) is 0. The number of allylic oxidation sites excluding steroid dienone is 1. The van der Waals surface area contributed by atoms with E-state index in [2.05, 4.69) is 21.5 Å². The fourth-order valence-corrected chi connectivity index (χ4v) is 6.06. The third-order valence-electron chi connectivity index (χ3n) is 6.41. The number of aryl methyl sites for hydroxylation is 2. The van der Waals surface area contributed by atoms with E-state index in [0.717, 1.165) is 41.6 Å². The molecule has 1 unspecified atom stereocenters. The van der Waals surface area contributed by atoms with Gasteiger partial charge in [0.25, 0.3) is 5.56 Å². The van der Waals surface area contributed by atoms with Crippen LogP contribution in [0.15, 0.2) is 35.2 Å². The molecule has 3 aromatic rings. The molecule has 0 bridgehead atoms. The molecule has 3 heterocycles. The molecule has 0 aliphatic heterocycles. The molecule has 0 amide bonds. The molecule has 30 heavy (non-hydrogen) atoms. The Labute approximate surface area is 180 Å². The van der Waals surface area contributed by atoms with Gasteiger partial charge in [-0.1, -0.05) is 11.6 Å². The maximum atomic E-state index is 13.2. The first kappa shape index (κ1) is 19.7. The van der Waals surface area contributed by atoms with Crippen LogP contribution >= 0.6 is 11.3 Å². The second-order valence-electron chi connectivity index (χ2n) is 8.64. The molecule has 2 aliphatic rings. The Morgan fingerprint density at radius 3 is 3.03 bits per heavy atom. The minimum atomic E-state index is 0.0806. The zero-order valence-corrected chi connectivity index (χ0v) is 18.4. The largest absolute Gasteiger partial charge is 0.313 e. The van der Waals surface area contributed by atoms with E-state index in [1.165, 1.54) is 42.5 Å². The van der Waals surface area contributed by atoms with E-state index in [1.54, 1.807) is 38.7 Å². The minimum Gasteiger partial charge on any atom is -0.313 e. The van der Waals surface area contributed by atoms with E-state index >= 15 is 0 Å². The lowest BCUT2D eigenvalue weighted by Crippen LogP contribution is -2.35. The first-order valence-corrected chi connectivity index (χ1v) is 11.9. The maximum absolute atomic E-state index is 13.2. The van der Waals surface area contributed by atoms with E-state index in [9.17, 15) is 4.79 Å². The number of hydrogen-bond acceptors (Lipinski definition) is 5. The van der Waals surface area contributed by atoms with Gasteiger partial charge in [-0.2, -0.15) is 5.10 Å². The highest BCUT2D eigenvalue weighted by molar-refractivity contribution is 7.18. The number of fused-ring (bicyclic) bond motifs is 3. The molecular formula is C23H29N5OS. The summed E-state index contributed by atoms with van der Waals surface area (Å²) in [6.45, 7) is 1.58. The average molecular weight is 424 g/mol. The zero-order chi connectivity index (χ0) is 20.5. The van der Waals surface area contributed by atoms with Crippen LogP contribution in [0.5, 0.6) is 0 Å². The zero-order valence-electron chi connectivity index (χ0n) is 17.6. The van der Waals surface area contributed by atoms with Crippen molar-refractivity contribution < 1.29 is 0 Å². The van der Waals surface area contributed by atoms with Gasteiger partial charge in [0, 0.05) is 29.7 Å². The number of rotatable bonds is 6. The highest BCUT2D eigenvalue weighted by atomic mass is 32.1. The molecule has 0 saturated carbocycles. The van der Waals surface area contributed by atoms with Crippen LogP contribution in [0, 0.1) is 0 Å². The minimum absolute atomic E-state index is 0.0806. The molecule has 1 N–H and O–H groups in total. The Hall–Kier alpha value is -2.25. The number of aromatic nitrogens is 4. The SMILES string of the molecule is Cn1cc(Cn2cnc3sc4c(c3c2=O)CCC(NCCC2=CCCCC2)C4)cn1. The summed E-state index contributed by atoms with van der Waals surface area (Å²) in [5.41, 5.74) is 3.96. The van der Waals surface area contributed by atoms with Gasteiger partial charge in [-0.05, 0) is 63.5 Å². The van der Waals surface area contributed by atoms with Gasteiger partial charge in [-0.15, -0.1) is 11.3 Å². The van der Waals surface area contributed by atoms with Crippen molar-refractivity contribution in [3.63, 3.8) is 0 Å². The summed E-state index contributed by atoms with van der Waals surface area (Å²) in [6, 6.07) is 0.507. The van der Waals surface area contributed by atoms with Crippen molar-refractivity contribution in [3.8, 4) is 0 Å².